The first-order valence-electron chi connectivity index (χ1n) is 16.9. The summed E-state index contributed by atoms with van der Waals surface area (Å²) >= 11 is 0. The zero-order valence-electron chi connectivity index (χ0n) is 28.9. The Bertz CT molecular complexity index is 2020. The van der Waals surface area contributed by atoms with Crippen LogP contribution in [0.1, 0.15) is 65.6 Å². The summed E-state index contributed by atoms with van der Waals surface area (Å²) in [5, 5.41) is 25.0. The van der Waals surface area contributed by atoms with Gasteiger partial charge in [-0.15, -0.1) is 15.0 Å². The summed E-state index contributed by atoms with van der Waals surface area (Å²) < 4.78 is 29.4. The normalized spacial score (nSPS) is 12.6. The van der Waals surface area contributed by atoms with Gasteiger partial charge >= 0.3 is 0 Å². The molecule has 0 aliphatic rings. The number of benzene rings is 5. The predicted molar refractivity (Wildman–Crippen MR) is 197 cm³/mol. The molecule has 0 radical (unpaired) electrons. The predicted octanol–water partition coefficient (Wildman–Crippen LogP) is 7.65. The topological polar surface area (TPSA) is 101 Å². The molecule has 1 unspecified atom stereocenters. The second-order valence-corrected chi connectivity index (χ2v) is 15.0. The van der Waals surface area contributed by atoms with E-state index < -0.39 is 21.7 Å². The monoisotopic (exact) mass is 685 g/mol. The van der Waals surface area contributed by atoms with Gasteiger partial charge in [0.2, 0.25) is 5.82 Å². The first-order chi connectivity index (χ1) is 24.1. The van der Waals surface area contributed by atoms with E-state index in [1.807, 2.05) is 149 Å². The third kappa shape index (κ3) is 6.97. The number of tetrazole rings is 1. The lowest BCUT2D eigenvalue weighted by Crippen LogP contribution is -2.39. The van der Waals surface area contributed by atoms with Crippen molar-refractivity contribution in [2.45, 2.75) is 57.1 Å². The molecule has 0 spiro atoms. The standard InChI is InChI=1S/C41H43N5O3S/c1-30(2)29-45(38-26-20-31(3)28-32(38)4)50(48,49)37-24-21-33(22-25-37)23-27-39(47)40-42-44-46(43-40)41(34-14-8-5-9-15-34,35-16-10-6-11-17-35)36-18-12-7-13-19-36/h5-22,24-26,28,30,39,47H,23,27,29H2,1-4H3. The minimum absolute atomic E-state index is 0.135. The highest BCUT2D eigenvalue weighted by Crippen LogP contribution is 2.40. The molecule has 9 heteroatoms. The average Bonchev–Trinajstić information content (AvgIpc) is 3.62. The number of hydrogen-bond acceptors (Lipinski definition) is 6. The minimum atomic E-state index is -3.80. The van der Waals surface area contributed by atoms with E-state index in [0.717, 1.165) is 33.4 Å². The molecule has 6 aromatic rings. The lowest BCUT2D eigenvalue weighted by molar-refractivity contribution is 0.157. The number of hydrogen-bond donors (Lipinski definition) is 1. The van der Waals surface area contributed by atoms with E-state index in [2.05, 4.69) is 10.3 Å². The highest BCUT2D eigenvalue weighted by molar-refractivity contribution is 7.92. The number of aliphatic hydroxyl groups is 1. The maximum atomic E-state index is 13.9. The first kappa shape index (κ1) is 34.7. The molecule has 0 saturated heterocycles. The number of rotatable bonds is 13. The van der Waals surface area contributed by atoms with Crippen molar-refractivity contribution >= 4 is 15.7 Å². The zero-order chi connectivity index (χ0) is 35.3. The summed E-state index contributed by atoms with van der Waals surface area (Å²) in [6, 6.07) is 42.9. The van der Waals surface area contributed by atoms with Gasteiger partial charge in [-0.25, -0.2) is 8.42 Å². The van der Waals surface area contributed by atoms with Crippen LogP contribution in [0.2, 0.25) is 0 Å². The quantitative estimate of drug-likeness (QED) is 0.125. The molecule has 0 amide bonds. The Morgan fingerprint density at radius 3 is 1.80 bits per heavy atom. The zero-order valence-corrected chi connectivity index (χ0v) is 29.7. The van der Waals surface area contributed by atoms with Crippen molar-refractivity contribution in [1.29, 1.82) is 0 Å². The van der Waals surface area contributed by atoms with Gasteiger partial charge in [-0.1, -0.05) is 135 Å². The Morgan fingerprint density at radius 1 is 0.760 bits per heavy atom. The Kier molecular flexibility index (Phi) is 10.3. The van der Waals surface area contributed by atoms with Crippen molar-refractivity contribution in [3.8, 4) is 0 Å². The van der Waals surface area contributed by atoms with Crippen LogP contribution in [0.3, 0.4) is 0 Å². The van der Waals surface area contributed by atoms with Crippen LogP contribution in [0.15, 0.2) is 138 Å². The van der Waals surface area contributed by atoms with E-state index in [4.69, 9.17) is 5.10 Å². The van der Waals surface area contributed by atoms with Gasteiger partial charge in [0.1, 0.15) is 6.10 Å². The molecular formula is C41H43N5O3S. The van der Waals surface area contributed by atoms with E-state index in [1.54, 1.807) is 16.9 Å². The summed E-state index contributed by atoms with van der Waals surface area (Å²) in [4.78, 5) is 1.83. The van der Waals surface area contributed by atoms with Crippen LogP contribution in [0.4, 0.5) is 5.69 Å². The van der Waals surface area contributed by atoms with Gasteiger partial charge in [-0.2, -0.15) is 0 Å². The van der Waals surface area contributed by atoms with Crippen molar-refractivity contribution in [2.24, 2.45) is 5.92 Å². The van der Waals surface area contributed by atoms with Gasteiger partial charge in [0.05, 0.1) is 10.6 Å². The molecule has 0 bridgehead atoms. The average molecular weight is 686 g/mol. The summed E-state index contributed by atoms with van der Waals surface area (Å²) in [5.74, 6) is 0.352. The van der Waals surface area contributed by atoms with E-state index in [0.29, 0.717) is 25.1 Å². The second-order valence-electron chi connectivity index (χ2n) is 13.2. The van der Waals surface area contributed by atoms with Crippen LogP contribution in [-0.2, 0) is 22.0 Å². The maximum absolute atomic E-state index is 13.9. The fourth-order valence-electron chi connectivity index (χ4n) is 6.52. The SMILES string of the molecule is Cc1ccc(N(CC(C)C)S(=O)(=O)c2ccc(CCC(O)c3nnn(C(c4ccccc4)(c4ccccc4)c4ccccc4)n3)cc2)c(C)c1. The van der Waals surface area contributed by atoms with Gasteiger partial charge in [0, 0.05) is 6.54 Å². The van der Waals surface area contributed by atoms with Crippen LogP contribution < -0.4 is 4.31 Å². The maximum Gasteiger partial charge on any atom is 0.264 e. The number of nitrogens with zero attached hydrogens (tertiary/aromatic N) is 5. The molecule has 8 nitrogen and oxygen atoms in total. The largest absolute Gasteiger partial charge is 0.385 e. The third-order valence-electron chi connectivity index (χ3n) is 8.97. The molecule has 0 fully saturated rings. The van der Waals surface area contributed by atoms with Gasteiger partial charge in [0.15, 0.2) is 5.54 Å². The second kappa shape index (κ2) is 14.8. The molecule has 256 valence electrons. The summed E-state index contributed by atoms with van der Waals surface area (Å²) in [7, 11) is -3.80. The highest BCUT2D eigenvalue weighted by atomic mass is 32.2. The Hall–Kier alpha value is -5.12. The van der Waals surface area contributed by atoms with Crippen LogP contribution >= 0.6 is 0 Å². The number of sulfonamides is 1. The molecular weight excluding hydrogens is 643 g/mol. The minimum Gasteiger partial charge on any atom is -0.385 e. The number of aromatic nitrogens is 4. The highest BCUT2D eigenvalue weighted by Gasteiger charge is 2.41. The first-order valence-corrected chi connectivity index (χ1v) is 18.4. The van der Waals surface area contributed by atoms with Gasteiger partial charge < -0.3 is 5.11 Å². The number of aliphatic hydroxyl groups excluding tert-OH is 1. The molecule has 1 N–H and O–H groups in total. The van der Waals surface area contributed by atoms with Crippen molar-refractivity contribution in [2.75, 3.05) is 10.8 Å². The lowest BCUT2D eigenvalue weighted by atomic mass is 9.77. The van der Waals surface area contributed by atoms with Crippen molar-refractivity contribution in [1.82, 2.24) is 20.2 Å². The molecule has 6 rings (SSSR count). The fourth-order valence-corrected chi connectivity index (χ4v) is 8.21. The number of aryl methyl sites for hydroxylation is 3. The van der Waals surface area contributed by atoms with Gasteiger partial charge in [-0.3, -0.25) is 4.31 Å². The van der Waals surface area contributed by atoms with E-state index >= 15 is 0 Å². The Morgan fingerprint density at radius 2 is 1.30 bits per heavy atom. The van der Waals surface area contributed by atoms with Crippen molar-refractivity contribution in [3.05, 3.63) is 173 Å². The summed E-state index contributed by atoms with van der Waals surface area (Å²) in [6.45, 7) is 8.34. The summed E-state index contributed by atoms with van der Waals surface area (Å²) in [5.41, 5.74) is 5.51. The van der Waals surface area contributed by atoms with Crippen LogP contribution in [0.5, 0.6) is 0 Å². The van der Waals surface area contributed by atoms with Gasteiger partial charge in [-0.05, 0) is 83.8 Å². The molecule has 0 saturated carbocycles. The van der Waals surface area contributed by atoms with Crippen LogP contribution in [0.25, 0.3) is 0 Å². The fraction of sp³-hybridized carbons (Fsp3) is 0.244. The van der Waals surface area contributed by atoms with Crippen molar-refractivity contribution in [3.63, 3.8) is 0 Å². The lowest BCUT2D eigenvalue weighted by Gasteiger charge is -2.34. The molecule has 1 aromatic heterocycles. The van der Waals surface area contributed by atoms with Crippen LogP contribution in [0, 0.1) is 19.8 Å². The summed E-state index contributed by atoms with van der Waals surface area (Å²) in [6.07, 6.45) is -0.169. The number of anilines is 1. The third-order valence-corrected chi connectivity index (χ3v) is 10.8. The van der Waals surface area contributed by atoms with E-state index in [9.17, 15) is 13.5 Å². The molecule has 0 aliphatic heterocycles. The van der Waals surface area contributed by atoms with Crippen molar-refractivity contribution < 1.29 is 13.5 Å². The molecule has 1 atom stereocenters. The van der Waals surface area contributed by atoms with Crippen LogP contribution in [-0.4, -0.2) is 40.3 Å². The Balaban J connectivity index is 1.25. The molecule has 50 heavy (non-hydrogen) atoms. The van der Waals surface area contributed by atoms with Gasteiger partial charge in [0.25, 0.3) is 10.0 Å². The van der Waals surface area contributed by atoms with E-state index in [-0.39, 0.29) is 16.6 Å². The molecule has 0 aliphatic carbocycles. The Labute approximate surface area is 295 Å². The molecule has 5 aromatic carbocycles. The van der Waals surface area contributed by atoms with E-state index in [1.165, 1.54) is 4.31 Å². The molecule has 1 heterocycles. The smallest absolute Gasteiger partial charge is 0.264 e.